The van der Waals surface area contributed by atoms with Crippen LogP contribution in [-0.4, -0.2) is 19.5 Å². The van der Waals surface area contributed by atoms with Gasteiger partial charge in [-0.2, -0.15) is 42.0 Å². The summed E-state index contributed by atoms with van der Waals surface area (Å²) in [6.45, 7) is 4.40. The summed E-state index contributed by atoms with van der Waals surface area (Å²) >= 11 is 1.80. The number of aryl methyl sites for hydroxylation is 2. The summed E-state index contributed by atoms with van der Waals surface area (Å²) in [5.41, 5.74) is 17.2. The molecule has 3 heterocycles. The number of rotatable bonds is 9. The first-order chi connectivity index (χ1) is 35.1. The van der Waals surface area contributed by atoms with Crippen LogP contribution in [-0.2, 0) is 6.42 Å². The molecule has 0 aliphatic heterocycles. The van der Waals surface area contributed by atoms with Crippen LogP contribution in [0.2, 0.25) is 0 Å². The molecule has 0 saturated carbocycles. The van der Waals surface area contributed by atoms with Crippen molar-refractivity contribution in [3.8, 4) is 84.4 Å². The molecule has 4 nitrogen and oxygen atoms in total. The van der Waals surface area contributed by atoms with Crippen molar-refractivity contribution in [1.29, 1.82) is 0 Å². The molecule has 0 spiro atoms. The number of nitrogens with zero attached hydrogens (tertiary/aromatic N) is 4. The van der Waals surface area contributed by atoms with E-state index >= 15 is 0 Å². The van der Waals surface area contributed by atoms with Crippen molar-refractivity contribution in [2.75, 3.05) is 0 Å². The van der Waals surface area contributed by atoms with Gasteiger partial charge in [-0.1, -0.05) is 158 Å². The molecule has 338 valence electrons. The van der Waals surface area contributed by atoms with Gasteiger partial charge >= 0.3 is 31.1 Å². The second-order valence-electron chi connectivity index (χ2n) is 18.1. The standard InChI is InChI=1S/C66H44N4S.U/c1-3-43-19-13-14-26-52(43)51-34-31-48(37-42(51)2)64-67-65(49-32-35-55-54-28-16-18-30-61(54)71-62(55)41-49)69-66(68-64)50-39-56(45-22-9-5-10-23-45)63(57(40-50)46-24-11-6-12-25-46)70-59-29-17-15-27-53(59)58-38-47(33-36-60(58)70)44-20-7-4-8-21-44;/h4-20,22-37,39-41H,3H2,1-2H3;/q-2;+2. The second kappa shape index (κ2) is 19.1. The summed E-state index contributed by atoms with van der Waals surface area (Å²) in [4.78, 5) is 16.2. The van der Waals surface area contributed by atoms with Gasteiger partial charge in [-0.15, -0.1) is 28.9 Å². The molecule has 0 amide bonds. The Bertz CT molecular complexity index is 4100. The Balaban J connectivity index is 0.00000530. The minimum Gasteiger partial charge on any atom is -0.348 e. The topological polar surface area (TPSA) is 43.6 Å². The van der Waals surface area contributed by atoms with Gasteiger partial charge in [0.15, 0.2) is 17.5 Å². The molecular formula is C66H44N4SU. The van der Waals surface area contributed by atoms with Gasteiger partial charge in [0, 0.05) is 53.5 Å². The van der Waals surface area contributed by atoms with Crippen LogP contribution in [0.1, 0.15) is 18.1 Å². The maximum Gasteiger partial charge on any atom is 2.00 e. The molecule has 0 atom stereocenters. The zero-order chi connectivity index (χ0) is 47.4. The van der Waals surface area contributed by atoms with Crippen molar-refractivity contribution in [2.45, 2.75) is 20.3 Å². The second-order valence-corrected chi connectivity index (χ2v) is 19.2. The zero-order valence-corrected chi connectivity index (χ0v) is 44.7. The summed E-state index contributed by atoms with van der Waals surface area (Å²) in [7, 11) is 0. The Morgan fingerprint density at radius 3 is 1.76 bits per heavy atom. The van der Waals surface area contributed by atoms with Crippen LogP contribution in [0.15, 0.2) is 218 Å². The molecule has 0 aliphatic carbocycles. The van der Waals surface area contributed by atoms with E-state index in [9.17, 15) is 0 Å². The van der Waals surface area contributed by atoms with Crippen molar-refractivity contribution in [1.82, 2.24) is 19.5 Å². The molecule has 0 fully saturated rings. The Hall–Kier alpha value is -7.72. The fourth-order valence-electron chi connectivity index (χ4n) is 10.4. The van der Waals surface area contributed by atoms with Crippen LogP contribution in [0, 0.1) is 50.2 Å². The van der Waals surface area contributed by atoms with E-state index in [1.165, 1.54) is 36.9 Å². The average molecular weight is 1160 g/mol. The Labute approximate surface area is 446 Å². The fourth-order valence-corrected chi connectivity index (χ4v) is 11.5. The Kier molecular flexibility index (Phi) is 12.1. The van der Waals surface area contributed by atoms with E-state index in [-0.39, 0.29) is 31.1 Å². The first-order valence-corrected chi connectivity index (χ1v) is 25.0. The fraction of sp³-hybridized carbons (Fsp3) is 0.0455. The molecule has 0 radical (unpaired) electrons. The van der Waals surface area contributed by atoms with Gasteiger partial charge in [-0.3, -0.25) is 0 Å². The van der Waals surface area contributed by atoms with Crippen LogP contribution >= 0.6 is 11.3 Å². The van der Waals surface area contributed by atoms with Gasteiger partial charge in [-0.25, -0.2) is 20.5 Å². The zero-order valence-electron chi connectivity index (χ0n) is 39.7. The number of fused-ring (bicyclic) bond motifs is 6. The first kappa shape index (κ1) is 45.4. The molecule has 6 heteroatoms. The van der Waals surface area contributed by atoms with Crippen LogP contribution < -0.4 is 0 Å². The van der Waals surface area contributed by atoms with Crippen LogP contribution in [0.4, 0.5) is 0 Å². The van der Waals surface area contributed by atoms with Gasteiger partial charge in [0.2, 0.25) is 0 Å². The number of thiophene rings is 1. The molecule has 0 aliphatic rings. The summed E-state index contributed by atoms with van der Waals surface area (Å²) in [5, 5.41) is 4.67. The van der Waals surface area contributed by atoms with E-state index in [1.54, 1.807) is 11.3 Å². The van der Waals surface area contributed by atoms with Gasteiger partial charge in [0.1, 0.15) is 0 Å². The normalized spacial score (nSPS) is 11.4. The van der Waals surface area contributed by atoms with Crippen LogP contribution in [0.5, 0.6) is 0 Å². The number of hydrogen-bond donors (Lipinski definition) is 0. The van der Waals surface area contributed by atoms with E-state index in [1.807, 2.05) is 12.1 Å². The van der Waals surface area contributed by atoms with Crippen molar-refractivity contribution < 1.29 is 31.1 Å². The van der Waals surface area contributed by atoms with Crippen LogP contribution in [0.25, 0.3) is 126 Å². The van der Waals surface area contributed by atoms with E-state index < -0.39 is 0 Å². The number of aromatic nitrogens is 4. The molecule has 72 heavy (non-hydrogen) atoms. The predicted molar refractivity (Wildman–Crippen MR) is 297 cm³/mol. The largest absolute Gasteiger partial charge is 2.00 e. The van der Waals surface area contributed by atoms with Crippen molar-refractivity contribution in [3.63, 3.8) is 0 Å². The molecule has 13 rings (SSSR count). The monoisotopic (exact) mass is 1160 g/mol. The Morgan fingerprint density at radius 2 is 1.06 bits per heavy atom. The van der Waals surface area contributed by atoms with Crippen molar-refractivity contribution >= 4 is 53.3 Å². The maximum atomic E-state index is 5.44. The molecule has 3 aromatic heterocycles. The maximum absolute atomic E-state index is 5.44. The third-order valence-corrected chi connectivity index (χ3v) is 14.9. The number of para-hydroxylation sites is 1. The summed E-state index contributed by atoms with van der Waals surface area (Å²) < 4.78 is 4.89. The van der Waals surface area contributed by atoms with E-state index in [2.05, 4.69) is 237 Å². The predicted octanol–water partition coefficient (Wildman–Crippen LogP) is 17.5. The molecule has 0 N–H and O–H groups in total. The molecule has 10 aromatic carbocycles. The van der Waals surface area contributed by atoms with Gasteiger partial charge in [-0.05, 0) is 88.6 Å². The van der Waals surface area contributed by atoms with Crippen molar-refractivity contribution in [3.05, 3.63) is 242 Å². The third-order valence-electron chi connectivity index (χ3n) is 13.8. The summed E-state index contributed by atoms with van der Waals surface area (Å²) in [6, 6.07) is 85.0. The minimum atomic E-state index is 0. The number of hydrogen-bond acceptors (Lipinski definition) is 4. The first-order valence-electron chi connectivity index (χ1n) is 24.2. The quantitative estimate of drug-likeness (QED) is 0.135. The van der Waals surface area contributed by atoms with Gasteiger partial charge in [0.25, 0.3) is 0 Å². The SMILES string of the molecule is CCc1ccccc1-c1ccc(-c2nc(-c3cc(-c4ccccc4)c(-n4c5ccc(-c6[c-]cccc6)[c-]c5c5ccccc54)c(-c4ccccc4)c3)nc(-c3ccc4c(c3)sc3ccccc34)n2)cc1C.[U+2]. The Morgan fingerprint density at radius 1 is 0.444 bits per heavy atom. The third kappa shape index (κ3) is 8.07. The molecular weight excluding hydrogens is 1120 g/mol. The molecule has 13 aromatic rings. The average Bonchev–Trinajstić information content (AvgIpc) is 3.98. The van der Waals surface area contributed by atoms with E-state index in [4.69, 9.17) is 15.0 Å². The molecule has 0 saturated heterocycles. The molecule has 0 bridgehead atoms. The van der Waals surface area contributed by atoms with Crippen LogP contribution in [0.3, 0.4) is 0 Å². The van der Waals surface area contributed by atoms with Gasteiger partial charge < -0.3 is 4.57 Å². The van der Waals surface area contributed by atoms with Gasteiger partial charge in [0.05, 0.1) is 5.69 Å². The summed E-state index contributed by atoms with van der Waals surface area (Å²) in [5.74, 6) is 1.84. The van der Waals surface area contributed by atoms with E-state index in [0.29, 0.717) is 17.5 Å². The summed E-state index contributed by atoms with van der Waals surface area (Å²) in [6.07, 6.45) is 0.958. The van der Waals surface area contributed by atoms with E-state index in [0.717, 1.165) is 89.5 Å². The minimum absolute atomic E-state index is 0. The number of benzene rings is 10. The van der Waals surface area contributed by atoms with Crippen molar-refractivity contribution in [2.24, 2.45) is 0 Å². The molecule has 0 unspecified atom stereocenters. The smallest absolute Gasteiger partial charge is 0.348 e.